The number of rotatable bonds is 7. The van der Waals surface area contributed by atoms with E-state index in [1.165, 1.54) is 4.88 Å². The Morgan fingerprint density at radius 1 is 1.32 bits per heavy atom. The number of hydrogen-bond acceptors (Lipinski definition) is 6. The van der Waals surface area contributed by atoms with Crippen LogP contribution in [0.25, 0.3) is 10.6 Å². The molecule has 2 aromatic rings. The van der Waals surface area contributed by atoms with Gasteiger partial charge in [-0.3, -0.25) is 0 Å². The summed E-state index contributed by atoms with van der Waals surface area (Å²) in [5, 5.41) is 10.5. The van der Waals surface area contributed by atoms with E-state index in [0.29, 0.717) is 0 Å². The molecule has 3 heterocycles. The van der Waals surface area contributed by atoms with Crippen LogP contribution < -0.4 is 4.90 Å². The minimum Gasteiger partial charge on any atom is -0.396 e. The van der Waals surface area contributed by atoms with Crippen LogP contribution in [0.3, 0.4) is 0 Å². The number of hydrogen-bond donors (Lipinski definition) is 1. The second-order valence-corrected chi connectivity index (χ2v) is 8.39. The van der Waals surface area contributed by atoms with Crippen LogP contribution in [0.1, 0.15) is 32.4 Å². The molecule has 0 unspecified atom stereocenters. The highest BCUT2D eigenvalue weighted by Crippen LogP contribution is 2.35. The van der Waals surface area contributed by atoms with Gasteiger partial charge in [0.2, 0.25) is 0 Å². The van der Waals surface area contributed by atoms with Gasteiger partial charge < -0.3 is 19.3 Å². The lowest BCUT2D eigenvalue weighted by molar-refractivity contribution is 0.122. The molecule has 2 aromatic heterocycles. The second-order valence-electron chi connectivity index (χ2n) is 7.41. The van der Waals surface area contributed by atoms with Crippen molar-refractivity contribution in [2.45, 2.75) is 40.2 Å². The van der Waals surface area contributed by atoms with Gasteiger partial charge in [0.25, 0.3) is 0 Å². The third-order valence-electron chi connectivity index (χ3n) is 4.69. The molecule has 0 aromatic carbocycles. The van der Waals surface area contributed by atoms with Crippen molar-refractivity contribution >= 4 is 16.5 Å². The molecule has 6 nitrogen and oxygen atoms in total. The fourth-order valence-electron chi connectivity index (χ4n) is 3.00. The summed E-state index contributed by atoms with van der Waals surface area (Å²) >= 11 is 1.74. The zero-order valence-electron chi connectivity index (χ0n) is 15.4. The number of aliphatic hydroxyl groups excluding tert-OH is 1. The summed E-state index contributed by atoms with van der Waals surface area (Å²) in [5.74, 6) is 0. The molecule has 0 amide bonds. The average Bonchev–Trinajstić information content (AvgIpc) is 3.22. The minimum absolute atomic E-state index is 0.0232. The standard InChI is InChI=1S/C18H28N4O2S/c1-14-16(25-17(20-14)21-7-9-24-10-8-21)15-11-19-13-22(15)6-4-5-18(2,3)12-23/h11,13,23H,4-10,12H2,1-3H3. The van der Waals surface area contributed by atoms with Crippen molar-refractivity contribution in [3.63, 3.8) is 0 Å². The lowest BCUT2D eigenvalue weighted by Crippen LogP contribution is -2.36. The van der Waals surface area contributed by atoms with E-state index in [4.69, 9.17) is 9.72 Å². The summed E-state index contributed by atoms with van der Waals surface area (Å²) in [7, 11) is 0. The maximum Gasteiger partial charge on any atom is 0.186 e. The first-order chi connectivity index (χ1) is 12.0. The van der Waals surface area contributed by atoms with Crippen LogP contribution in [-0.4, -0.2) is 52.6 Å². The SMILES string of the molecule is Cc1nc(N2CCOCC2)sc1-c1cncn1CCCC(C)(C)CO. The van der Waals surface area contributed by atoms with E-state index in [1.54, 1.807) is 11.3 Å². The number of morpholine rings is 1. The molecule has 1 N–H and O–H groups in total. The van der Waals surface area contributed by atoms with Crippen molar-refractivity contribution in [2.75, 3.05) is 37.8 Å². The number of aliphatic hydroxyl groups is 1. The fraction of sp³-hybridized carbons (Fsp3) is 0.667. The smallest absolute Gasteiger partial charge is 0.186 e. The molecule has 1 aliphatic rings. The first-order valence-corrected chi connectivity index (χ1v) is 9.73. The molecule has 25 heavy (non-hydrogen) atoms. The summed E-state index contributed by atoms with van der Waals surface area (Å²) in [6.07, 6.45) is 5.84. The molecular formula is C18H28N4O2S. The quantitative estimate of drug-likeness (QED) is 0.818. The summed E-state index contributed by atoms with van der Waals surface area (Å²) < 4.78 is 7.64. The number of thiazole rings is 1. The van der Waals surface area contributed by atoms with Crippen LogP contribution in [0.15, 0.2) is 12.5 Å². The van der Waals surface area contributed by atoms with E-state index in [2.05, 4.69) is 35.2 Å². The van der Waals surface area contributed by atoms with E-state index < -0.39 is 0 Å². The van der Waals surface area contributed by atoms with Crippen LogP contribution in [0.2, 0.25) is 0 Å². The fourth-order valence-corrected chi connectivity index (χ4v) is 4.15. The summed E-state index contributed by atoms with van der Waals surface area (Å²) in [5.41, 5.74) is 2.17. The molecule has 138 valence electrons. The number of aromatic nitrogens is 3. The summed E-state index contributed by atoms with van der Waals surface area (Å²) in [6.45, 7) is 10.8. The minimum atomic E-state index is -0.0232. The van der Waals surface area contributed by atoms with E-state index in [1.807, 2.05) is 12.5 Å². The van der Waals surface area contributed by atoms with Crippen molar-refractivity contribution in [1.29, 1.82) is 0 Å². The van der Waals surface area contributed by atoms with Crippen molar-refractivity contribution in [2.24, 2.45) is 5.41 Å². The van der Waals surface area contributed by atoms with Gasteiger partial charge in [-0.2, -0.15) is 0 Å². The van der Waals surface area contributed by atoms with Crippen LogP contribution in [0.4, 0.5) is 5.13 Å². The van der Waals surface area contributed by atoms with Crippen molar-refractivity contribution in [3.05, 3.63) is 18.2 Å². The Balaban J connectivity index is 1.72. The van der Waals surface area contributed by atoms with E-state index in [9.17, 15) is 5.11 Å². The summed E-state index contributed by atoms with van der Waals surface area (Å²) in [6, 6.07) is 0. The topological polar surface area (TPSA) is 63.4 Å². The van der Waals surface area contributed by atoms with E-state index in [-0.39, 0.29) is 12.0 Å². The molecule has 0 aliphatic carbocycles. The van der Waals surface area contributed by atoms with Gasteiger partial charge in [-0.05, 0) is 25.2 Å². The van der Waals surface area contributed by atoms with E-state index in [0.717, 1.165) is 62.2 Å². The molecule has 1 saturated heterocycles. The Morgan fingerprint density at radius 3 is 2.80 bits per heavy atom. The molecule has 1 aliphatic heterocycles. The zero-order valence-corrected chi connectivity index (χ0v) is 16.2. The van der Waals surface area contributed by atoms with Gasteiger partial charge in [0, 0.05) is 26.2 Å². The Morgan fingerprint density at radius 2 is 2.08 bits per heavy atom. The molecule has 7 heteroatoms. The first-order valence-electron chi connectivity index (χ1n) is 8.92. The number of aryl methyl sites for hydroxylation is 2. The van der Waals surface area contributed by atoms with Crippen molar-refractivity contribution in [1.82, 2.24) is 14.5 Å². The van der Waals surface area contributed by atoms with Gasteiger partial charge >= 0.3 is 0 Å². The Labute approximate surface area is 153 Å². The van der Waals surface area contributed by atoms with Gasteiger partial charge in [0.1, 0.15) is 0 Å². The number of nitrogens with zero attached hydrogens (tertiary/aromatic N) is 4. The maximum absolute atomic E-state index is 9.41. The van der Waals surface area contributed by atoms with Crippen LogP contribution in [0, 0.1) is 12.3 Å². The van der Waals surface area contributed by atoms with Gasteiger partial charge in [0.05, 0.1) is 42.0 Å². The van der Waals surface area contributed by atoms with Gasteiger partial charge in [0.15, 0.2) is 5.13 Å². The number of anilines is 1. The highest BCUT2D eigenvalue weighted by molar-refractivity contribution is 7.19. The van der Waals surface area contributed by atoms with Crippen molar-refractivity contribution in [3.8, 4) is 10.6 Å². The summed E-state index contributed by atoms with van der Waals surface area (Å²) in [4.78, 5) is 12.6. The maximum atomic E-state index is 9.41. The number of imidazole rings is 1. The molecule has 3 rings (SSSR count). The highest BCUT2D eigenvalue weighted by Gasteiger charge is 2.20. The molecule has 0 spiro atoms. The van der Waals surface area contributed by atoms with Crippen LogP contribution in [0.5, 0.6) is 0 Å². The molecule has 0 radical (unpaired) electrons. The highest BCUT2D eigenvalue weighted by atomic mass is 32.1. The van der Waals surface area contributed by atoms with Gasteiger partial charge in [-0.15, -0.1) is 0 Å². The van der Waals surface area contributed by atoms with Gasteiger partial charge in [-0.1, -0.05) is 25.2 Å². The lowest BCUT2D eigenvalue weighted by Gasteiger charge is -2.26. The lowest BCUT2D eigenvalue weighted by atomic mass is 9.89. The van der Waals surface area contributed by atoms with E-state index >= 15 is 0 Å². The van der Waals surface area contributed by atoms with Gasteiger partial charge in [-0.25, -0.2) is 9.97 Å². The third-order valence-corrected chi connectivity index (χ3v) is 5.93. The Hall–Kier alpha value is -1.44. The van der Waals surface area contributed by atoms with Crippen LogP contribution in [-0.2, 0) is 11.3 Å². The predicted molar refractivity (Wildman–Crippen MR) is 101 cm³/mol. The molecule has 0 saturated carbocycles. The Bertz CT molecular complexity index is 689. The third kappa shape index (κ3) is 4.40. The van der Waals surface area contributed by atoms with Crippen LogP contribution >= 0.6 is 11.3 Å². The number of ether oxygens (including phenoxy) is 1. The predicted octanol–water partition coefficient (Wildman–Crippen LogP) is 2.95. The normalized spacial score (nSPS) is 15.8. The second kappa shape index (κ2) is 7.85. The molecular weight excluding hydrogens is 336 g/mol. The van der Waals surface area contributed by atoms with Crippen molar-refractivity contribution < 1.29 is 9.84 Å². The monoisotopic (exact) mass is 364 g/mol. The largest absolute Gasteiger partial charge is 0.396 e. The molecule has 1 fully saturated rings. The Kier molecular flexibility index (Phi) is 5.76. The average molecular weight is 365 g/mol. The first kappa shape index (κ1) is 18.4. The zero-order chi connectivity index (χ0) is 17.9. The molecule has 0 atom stereocenters. The molecule has 0 bridgehead atoms.